The van der Waals surface area contributed by atoms with Crippen LogP contribution in [0.5, 0.6) is 5.75 Å². The number of imide groups is 1. The summed E-state index contributed by atoms with van der Waals surface area (Å²) in [5, 5.41) is 10.7. The van der Waals surface area contributed by atoms with E-state index in [9.17, 15) is 27.6 Å². The number of anilines is 5. The van der Waals surface area contributed by atoms with E-state index in [4.69, 9.17) is 4.74 Å². The normalized spacial score (nSPS) is 18.4. The molecule has 58 heavy (non-hydrogen) atoms. The highest BCUT2D eigenvalue weighted by atomic mass is 19.4. The third kappa shape index (κ3) is 9.18. The van der Waals surface area contributed by atoms with Gasteiger partial charge in [-0.25, -0.2) is 9.37 Å². The summed E-state index contributed by atoms with van der Waals surface area (Å²) >= 11 is 0. The minimum atomic E-state index is -4.70. The minimum Gasteiger partial charge on any atom is -0.494 e. The van der Waals surface area contributed by atoms with Crippen molar-refractivity contribution in [3.05, 3.63) is 101 Å². The number of hydrogen-bond acceptors (Lipinski definition) is 10. The average Bonchev–Trinajstić information content (AvgIpc) is 3.21. The number of pyridine rings is 1. The SMILES string of the molecule is CNC(=O)c1ccccc1Nc1cc(Nc2ccc(N3CCC(N4CCN(Cc5ccc(C6CCC(=O)NC6=O)c(F)c5)CC4)CC3)cc2OC)ncc1C(F)(F)F. The maximum atomic E-state index is 15.1. The predicted octanol–water partition coefficient (Wildman–Crippen LogP) is 6.40. The van der Waals surface area contributed by atoms with Crippen LogP contribution < -0.4 is 30.9 Å². The zero-order valence-corrected chi connectivity index (χ0v) is 32.3. The van der Waals surface area contributed by atoms with E-state index in [1.165, 1.54) is 38.4 Å². The lowest BCUT2D eigenvalue weighted by Gasteiger charge is -2.43. The van der Waals surface area contributed by atoms with Crippen LogP contribution in [-0.2, 0) is 22.3 Å². The molecule has 4 heterocycles. The maximum Gasteiger partial charge on any atom is 0.419 e. The van der Waals surface area contributed by atoms with Gasteiger partial charge in [0.1, 0.15) is 17.4 Å². The second-order valence-corrected chi connectivity index (χ2v) is 14.8. The molecule has 3 aromatic carbocycles. The molecule has 306 valence electrons. The Bertz CT molecular complexity index is 2150. The van der Waals surface area contributed by atoms with Gasteiger partial charge in [0.25, 0.3) is 5.91 Å². The maximum absolute atomic E-state index is 15.1. The van der Waals surface area contributed by atoms with Gasteiger partial charge in [-0.1, -0.05) is 24.3 Å². The molecule has 4 aromatic rings. The first-order chi connectivity index (χ1) is 27.9. The lowest BCUT2D eigenvalue weighted by molar-refractivity contribution is -0.137. The van der Waals surface area contributed by atoms with Gasteiger partial charge in [0, 0.05) is 94.9 Å². The van der Waals surface area contributed by atoms with Gasteiger partial charge in [0.05, 0.1) is 41.2 Å². The number of aromatic nitrogens is 1. The van der Waals surface area contributed by atoms with Gasteiger partial charge in [0.15, 0.2) is 0 Å². The molecule has 12 nitrogen and oxygen atoms in total. The van der Waals surface area contributed by atoms with E-state index >= 15 is 4.39 Å². The molecule has 0 radical (unpaired) electrons. The molecular weight excluding hydrogens is 757 g/mol. The van der Waals surface area contributed by atoms with Crippen molar-refractivity contribution in [1.29, 1.82) is 0 Å². The van der Waals surface area contributed by atoms with Gasteiger partial charge in [-0.15, -0.1) is 0 Å². The number of carbonyl (C=O) groups is 3. The third-order valence-corrected chi connectivity index (χ3v) is 11.2. The molecule has 3 aliphatic heterocycles. The van der Waals surface area contributed by atoms with Crippen LogP contribution in [0, 0.1) is 5.82 Å². The van der Waals surface area contributed by atoms with E-state index in [0.29, 0.717) is 36.0 Å². The van der Waals surface area contributed by atoms with Crippen molar-refractivity contribution in [3.8, 4) is 5.75 Å². The number of alkyl halides is 3. The lowest BCUT2D eigenvalue weighted by Crippen LogP contribution is -2.53. The monoisotopic (exact) mass is 802 g/mol. The Balaban J connectivity index is 0.934. The first kappa shape index (κ1) is 40.5. The Morgan fingerprint density at radius 1 is 0.897 bits per heavy atom. The van der Waals surface area contributed by atoms with Crippen LogP contribution in [0.3, 0.4) is 0 Å². The van der Waals surface area contributed by atoms with E-state index in [0.717, 1.165) is 69.6 Å². The number of para-hydroxylation sites is 1. The number of piperidine rings is 2. The van der Waals surface area contributed by atoms with E-state index in [1.807, 2.05) is 24.3 Å². The number of methoxy groups -OCH3 is 1. The molecule has 3 amide bonds. The molecule has 1 atom stereocenters. The standard InChI is InChI=1S/C42H46F4N8O4/c1-47-40(56)31-5-3-4-6-34(31)49-36-23-38(48-24-32(36)42(44,45)46)50-35-11-8-28(22-37(35)58-2)53-15-13-27(14-16-53)54-19-17-52(18-20-54)25-26-7-9-29(33(43)21-26)30-10-12-39(55)51-41(30)57/h3-9,11,21-24,27,30H,10,12-20,25H2,1-2H3,(H,47,56)(H2,48,49,50)(H,51,55,57). The lowest BCUT2D eigenvalue weighted by atomic mass is 9.89. The Morgan fingerprint density at radius 3 is 2.34 bits per heavy atom. The number of amides is 3. The topological polar surface area (TPSA) is 131 Å². The van der Waals surface area contributed by atoms with Crippen molar-refractivity contribution >= 4 is 46.3 Å². The zero-order valence-electron chi connectivity index (χ0n) is 32.3. The summed E-state index contributed by atoms with van der Waals surface area (Å²) in [6.45, 7) is 5.83. The molecule has 1 aromatic heterocycles. The highest BCUT2D eigenvalue weighted by molar-refractivity contribution is 6.01. The van der Waals surface area contributed by atoms with Crippen molar-refractivity contribution in [2.24, 2.45) is 0 Å². The summed E-state index contributed by atoms with van der Waals surface area (Å²) in [5.74, 6) is -1.62. The number of benzene rings is 3. The van der Waals surface area contributed by atoms with Crippen LogP contribution in [0.2, 0.25) is 0 Å². The summed E-state index contributed by atoms with van der Waals surface area (Å²) in [4.78, 5) is 47.4. The molecule has 7 rings (SSSR count). The number of carbonyl (C=O) groups excluding carboxylic acids is 3. The van der Waals surface area contributed by atoms with Gasteiger partial charge in [-0.3, -0.25) is 29.5 Å². The number of hydrogen-bond donors (Lipinski definition) is 4. The molecule has 3 aliphatic rings. The molecule has 3 saturated heterocycles. The fourth-order valence-corrected chi connectivity index (χ4v) is 8.02. The summed E-state index contributed by atoms with van der Waals surface area (Å²) in [5.41, 5.74) is 1.83. The third-order valence-electron chi connectivity index (χ3n) is 11.2. The van der Waals surface area contributed by atoms with Crippen LogP contribution in [0.15, 0.2) is 72.9 Å². The predicted molar refractivity (Wildman–Crippen MR) is 212 cm³/mol. The molecule has 0 spiro atoms. The van der Waals surface area contributed by atoms with Gasteiger partial charge >= 0.3 is 6.18 Å². The summed E-state index contributed by atoms with van der Waals surface area (Å²) in [6.07, 6.45) is -1.47. The van der Waals surface area contributed by atoms with Crippen molar-refractivity contribution < 1.29 is 36.7 Å². The molecule has 3 fully saturated rings. The van der Waals surface area contributed by atoms with Crippen molar-refractivity contribution in [1.82, 2.24) is 25.4 Å². The molecule has 0 aliphatic carbocycles. The molecule has 4 N–H and O–H groups in total. The first-order valence-corrected chi connectivity index (χ1v) is 19.3. The van der Waals surface area contributed by atoms with Crippen LogP contribution in [0.4, 0.5) is 46.1 Å². The quantitative estimate of drug-likeness (QED) is 0.0999. The highest BCUT2D eigenvalue weighted by Gasteiger charge is 2.35. The van der Waals surface area contributed by atoms with Crippen LogP contribution >= 0.6 is 0 Å². The average molecular weight is 803 g/mol. The Morgan fingerprint density at radius 2 is 1.66 bits per heavy atom. The number of nitrogens with zero attached hydrogens (tertiary/aromatic N) is 4. The van der Waals surface area contributed by atoms with Gasteiger partial charge < -0.3 is 25.6 Å². The zero-order chi connectivity index (χ0) is 41.0. The molecule has 16 heteroatoms. The fraction of sp³-hybridized carbons (Fsp3) is 0.381. The Kier molecular flexibility index (Phi) is 12.1. The molecular formula is C42H46F4N8O4. The van der Waals surface area contributed by atoms with Crippen LogP contribution in [0.25, 0.3) is 0 Å². The number of ether oxygens (including phenoxy) is 1. The number of nitrogens with one attached hydrogen (secondary N) is 4. The van der Waals surface area contributed by atoms with Crippen LogP contribution in [-0.4, -0.2) is 92.0 Å². The van der Waals surface area contributed by atoms with E-state index < -0.39 is 35.3 Å². The number of piperazine rings is 1. The van der Waals surface area contributed by atoms with Gasteiger partial charge in [-0.05, 0) is 55.2 Å². The van der Waals surface area contributed by atoms with E-state index in [2.05, 4.69) is 41.0 Å². The van der Waals surface area contributed by atoms with Crippen LogP contribution in [0.1, 0.15) is 58.6 Å². The molecule has 0 bridgehead atoms. The minimum absolute atomic E-state index is 0.148. The number of halogens is 4. The molecule has 1 unspecified atom stereocenters. The van der Waals surface area contributed by atoms with Gasteiger partial charge in [0.2, 0.25) is 11.8 Å². The Hall–Kier alpha value is -5.74. The Labute approximate surface area is 333 Å². The largest absolute Gasteiger partial charge is 0.494 e. The fourth-order valence-electron chi connectivity index (χ4n) is 8.02. The van der Waals surface area contributed by atoms with Gasteiger partial charge in [-0.2, -0.15) is 13.2 Å². The number of rotatable bonds is 11. The van der Waals surface area contributed by atoms with E-state index in [-0.39, 0.29) is 35.1 Å². The summed E-state index contributed by atoms with van der Waals surface area (Å²) < 4.78 is 62.9. The van der Waals surface area contributed by atoms with Crippen molar-refractivity contribution in [2.45, 2.75) is 50.4 Å². The highest BCUT2D eigenvalue weighted by Crippen LogP contribution is 2.39. The van der Waals surface area contributed by atoms with E-state index in [1.54, 1.807) is 18.2 Å². The summed E-state index contributed by atoms with van der Waals surface area (Å²) in [6, 6.07) is 18.7. The second kappa shape index (κ2) is 17.4. The van der Waals surface area contributed by atoms with Crippen molar-refractivity contribution in [2.75, 3.05) is 69.0 Å². The molecule has 0 saturated carbocycles. The first-order valence-electron chi connectivity index (χ1n) is 19.3. The second-order valence-electron chi connectivity index (χ2n) is 14.8. The van der Waals surface area contributed by atoms with Crippen molar-refractivity contribution in [3.63, 3.8) is 0 Å². The summed E-state index contributed by atoms with van der Waals surface area (Å²) in [7, 11) is 2.98. The smallest absolute Gasteiger partial charge is 0.419 e.